The monoisotopic (exact) mass is 505 g/mol. The van der Waals surface area contributed by atoms with E-state index in [0.29, 0.717) is 32.8 Å². The van der Waals surface area contributed by atoms with Gasteiger partial charge in [-0.3, -0.25) is 0 Å². The van der Waals surface area contributed by atoms with E-state index < -0.39 is 15.8 Å². The van der Waals surface area contributed by atoms with Gasteiger partial charge in [0.05, 0.1) is 38.1 Å². The molecule has 1 saturated heterocycles. The van der Waals surface area contributed by atoms with Gasteiger partial charge < -0.3 is 14.5 Å². The van der Waals surface area contributed by atoms with Crippen LogP contribution in [-0.4, -0.2) is 59.1 Å². The standard InChI is InChI=1S/C25H30FN3O3S2/c1-27(20-23-8-5-17-33-23)19-21-6-4-7-22(18-21)32-16-15-28-11-13-29(14-12-28)34(30,31)25-10-3-2-9-24(25)26/h2-10,17-18H,11-16,19-20H2,1H3/p+2. The molecule has 1 fully saturated rings. The van der Waals surface area contributed by atoms with Gasteiger partial charge in [-0.05, 0) is 35.7 Å². The average molecular weight is 506 g/mol. The Morgan fingerprint density at radius 2 is 1.85 bits per heavy atom. The molecule has 2 aromatic carbocycles. The number of rotatable bonds is 10. The second-order valence-corrected chi connectivity index (χ2v) is 11.7. The third-order valence-electron chi connectivity index (χ3n) is 6.07. The van der Waals surface area contributed by atoms with Crippen LogP contribution in [0.15, 0.2) is 70.9 Å². The van der Waals surface area contributed by atoms with Crippen LogP contribution in [0.4, 0.5) is 4.39 Å². The number of sulfonamides is 1. The van der Waals surface area contributed by atoms with Crippen molar-refractivity contribution in [2.45, 2.75) is 18.0 Å². The number of hydrogen-bond donors (Lipinski definition) is 2. The molecule has 1 atom stereocenters. The molecule has 4 rings (SSSR count). The predicted octanol–water partition coefficient (Wildman–Crippen LogP) is 1.07. The number of benzene rings is 2. The zero-order chi connectivity index (χ0) is 24.0. The van der Waals surface area contributed by atoms with Crippen molar-refractivity contribution in [3.8, 4) is 5.75 Å². The fraction of sp³-hybridized carbons (Fsp3) is 0.360. The number of nitrogens with one attached hydrogen (secondary N) is 2. The zero-order valence-corrected chi connectivity index (χ0v) is 21.0. The second kappa shape index (κ2) is 11.4. The molecule has 2 N–H and O–H groups in total. The highest BCUT2D eigenvalue weighted by Crippen LogP contribution is 2.19. The van der Waals surface area contributed by atoms with Crippen LogP contribution in [0, 0.1) is 5.82 Å². The lowest BCUT2D eigenvalue weighted by molar-refractivity contribution is -0.907. The predicted molar refractivity (Wildman–Crippen MR) is 131 cm³/mol. The molecule has 182 valence electrons. The molecule has 1 unspecified atom stereocenters. The maximum absolute atomic E-state index is 14.0. The molecule has 1 aliphatic rings. The van der Waals surface area contributed by atoms with Gasteiger partial charge >= 0.3 is 0 Å². The molecule has 0 radical (unpaired) electrons. The number of ether oxygens (including phenoxy) is 1. The average Bonchev–Trinajstić information content (AvgIpc) is 3.33. The smallest absolute Gasteiger partial charge is 0.246 e. The number of hydrogen-bond acceptors (Lipinski definition) is 4. The van der Waals surface area contributed by atoms with Crippen molar-refractivity contribution in [3.05, 3.63) is 82.3 Å². The topological polar surface area (TPSA) is 55.5 Å². The lowest BCUT2D eigenvalue weighted by Gasteiger charge is -2.31. The van der Waals surface area contributed by atoms with Crippen LogP contribution in [0.5, 0.6) is 5.75 Å². The molecule has 0 saturated carbocycles. The summed E-state index contributed by atoms with van der Waals surface area (Å²) in [6.45, 7) is 5.39. The highest BCUT2D eigenvalue weighted by atomic mass is 32.2. The molecule has 1 aliphatic heterocycles. The minimum Gasteiger partial charge on any atom is -0.488 e. The summed E-state index contributed by atoms with van der Waals surface area (Å²) in [6.07, 6.45) is 0. The summed E-state index contributed by atoms with van der Waals surface area (Å²) < 4.78 is 46.9. The number of piperazine rings is 1. The van der Waals surface area contributed by atoms with Gasteiger partial charge in [-0.1, -0.05) is 30.3 Å². The minimum atomic E-state index is -3.80. The summed E-state index contributed by atoms with van der Waals surface area (Å²) in [5.74, 6) is 0.161. The molecule has 0 bridgehead atoms. The van der Waals surface area contributed by atoms with Crippen molar-refractivity contribution < 1.29 is 27.3 Å². The summed E-state index contributed by atoms with van der Waals surface area (Å²) >= 11 is 1.79. The van der Waals surface area contributed by atoms with Crippen LogP contribution >= 0.6 is 11.3 Å². The summed E-state index contributed by atoms with van der Waals surface area (Å²) in [5.41, 5.74) is 1.24. The van der Waals surface area contributed by atoms with Gasteiger partial charge in [-0.15, -0.1) is 11.3 Å². The fourth-order valence-corrected chi connectivity index (χ4v) is 6.59. The number of halogens is 1. The third-order valence-corrected chi connectivity index (χ3v) is 8.88. The first-order chi connectivity index (χ1) is 16.4. The Morgan fingerprint density at radius 1 is 1.06 bits per heavy atom. The molecule has 0 amide bonds. The van der Waals surface area contributed by atoms with Crippen molar-refractivity contribution in [3.63, 3.8) is 0 Å². The number of nitrogens with zero attached hydrogens (tertiary/aromatic N) is 1. The highest BCUT2D eigenvalue weighted by Gasteiger charge is 2.32. The van der Waals surface area contributed by atoms with Crippen molar-refractivity contribution in [2.75, 3.05) is 46.4 Å². The van der Waals surface area contributed by atoms with E-state index in [-0.39, 0.29) is 4.90 Å². The molecule has 3 aromatic rings. The van der Waals surface area contributed by atoms with E-state index in [1.54, 1.807) is 17.4 Å². The molecule has 34 heavy (non-hydrogen) atoms. The lowest BCUT2D eigenvalue weighted by Crippen LogP contribution is -3.15. The number of thiophene rings is 1. The first kappa shape index (κ1) is 24.8. The van der Waals surface area contributed by atoms with Gasteiger partial charge in [0, 0.05) is 5.56 Å². The first-order valence-electron chi connectivity index (χ1n) is 11.6. The van der Waals surface area contributed by atoms with Gasteiger partial charge in [0.2, 0.25) is 10.0 Å². The fourth-order valence-electron chi connectivity index (χ4n) is 4.27. The van der Waals surface area contributed by atoms with Crippen LogP contribution < -0.4 is 14.5 Å². The van der Waals surface area contributed by atoms with Crippen molar-refractivity contribution >= 4 is 21.4 Å². The van der Waals surface area contributed by atoms with Crippen molar-refractivity contribution in [1.29, 1.82) is 0 Å². The summed E-state index contributed by atoms with van der Waals surface area (Å²) in [4.78, 5) is 3.85. The van der Waals surface area contributed by atoms with Crippen LogP contribution in [0.2, 0.25) is 0 Å². The maximum atomic E-state index is 14.0. The minimum absolute atomic E-state index is 0.246. The molecular weight excluding hydrogens is 473 g/mol. The van der Waals surface area contributed by atoms with Gasteiger partial charge in [-0.2, -0.15) is 4.31 Å². The molecule has 0 spiro atoms. The molecule has 9 heteroatoms. The van der Waals surface area contributed by atoms with Gasteiger partial charge in [-0.25, -0.2) is 12.8 Å². The molecular formula is C25H32FN3O3S2+2. The Morgan fingerprint density at radius 3 is 2.59 bits per heavy atom. The van der Waals surface area contributed by atoms with E-state index in [1.807, 2.05) is 12.1 Å². The Hall–Kier alpha value is -2.30. The van der Waals surface area contributed by atoms with Gasteiger partial charge in [0.15, 0.2) is 0 Å². The maximum Gasteiger partial charge on any atom is 0.246 e. The quantitative estimate of drug-likeness (QED) is 0.434. The summed E-state index contributed by atoms with van der Waals surface area (Å²) in [6, 6.07) is 18.1. The van der Waals surface area contributed by atoms with E-state index in [0.717, 1.165) is 25.4 Å². The third kappa shape index (κ3) is 6.43. The van der Waals surface area contributed by atoms with Crippen LogP contribution in [-0.2, 0) is 23.1 Å². The SMILES string of the molecule is C[NH+](Cc1cccc(OCC[NH+]2CCN(S(=O)(=O)c3ccccc3F)CC2)c1)Cc1cccs1. The normalized spacial score (nSPS) is 16.4. The van der Waals surface area contributed by atoms with E-state index in [2.05, 4.69) is 36.7 Å². The van der Waals surface area contributed by atoms with E-state index in [1.165, 1.54) is 42.7 Å². The molecule has 2 heterocycles. The van der Waals surface area contributed by atoms with Gasteiger partial charge in [0.25, 0.3) is 0 Å². The lowest BCUT2D eigenvalue weighted by atomic mass is 10.2. The second-order valence-electron chi connectivity index (χ2n) is 8.72. The Balaban J connectivity index is 1.22. The number of quaternary nitrogens is 2. The van der Waals surface area contributed by atoms with Crippen LogP contribution in [0.25, 0.3) is 0 Å². The van der Waals surface area contributed by atoms with Crippen molar-refractivity contribution in [2.24, 2.45) is 0 Å². The van der Waals surface area contributed by atoms with Gasteiger partial charge in [0.1, 0.15) is 42.7 Å². The van der Waals surface area contributed by atoms with Crippen LogP contribution in [0.3, 0.4) is 0 Å². The Bertz CT molecular complexity index is 1160. The summed E-state index contributed by atoms with van der Waals surface area (Å²) in [7, 11) is -1.60. The largest absolute Gasteiger partial charge is 0.488 e. The van der Waals surface area contributed by atoms with Crippen molar-refractivity contribution in [1.82, 2.24) is 4.31 Å². The first-order valence-corrected chi connectivity index (χ1v) is 13.9. The molecule has 0 aliphatic carbocycles. The Labute approximate surface area is 205 Å². The van der Waals surface area contributed by atoms with E-state index in [4.69, 9.17) is 4.74 Å². The zero-order valence-electron chi connectivity index (χ0n) is 19.4. The van der Waals surface area contributed by atoms with Crippen LogP contribution in [0.1, 0.15) is 10.4 Å². The van der Waals surface area contributed by atoms with E-state index >= 15 is 0 Å². The highest BCUT2D eigenvalue weighted by molar-refractivity contribution is 7.89. The molecule has 6 nitrogen and oxygen atoms in total. The Kier molecular flexibility index (Phi) is 8.33. The van der Waals surface area contributed by atoms with E-state index in [9.17, 15) is 12.8 Å². The summed E-state index contributed by atoms with van der Waals surface area (Å²) in [5, 5.41) is 2.11. The molecule has 1 aromatic heterocycles.